The highest BCUT2D eigenvalue weighted by Gasteiger charge is 2.86. The van der Waals surface area contributed by atoms with Crippen molar-refractivity contribution in [2.75, 3.05) is 6.61 Å². The van der Waals surface area contributed by atoms with Gasteiger partial charge in [-0.15, -0.1) is 0 Å². The Balaban J connectivity index is 1.64. The number of aliphatic hydroxyl groups excluding tert-OH is 1. The molecule has 2 heterocycles. The Bertz CT molecular complexity index is 1560. The number of carbonyl (C=O) groups is 6. The highest BCUT2D eigenvalue weighted by atomic mass is 16.6. The van der Waals surface area contributed by atoms with E-state index < -0.39 is 112 Å². The lowest BCUT2D eigenvalue weighted by molar-refractivity contribution is -0.259. The lowest BCUT2D eigenvalue weighted by atomic mass is 9.42. The molecule has 0 aromatic carbocycles. The van der Waals surface area contributed by atoms with Crippen LogP contribution in [0.2, 0.25) is 0 Å². The molecule has 14 nitrogen and oxygen atoms in total. The van der Waals surface area contributed by atoms with E-state index in [2.05, 4.69) is 4.98 Å². The molecule has 2 bridgehead atoms. The lowest BCUT2D eigenvalue weighted by Crippen LogP contribution is -2.74. The first-order chi connectivity index (χ1) is 22.4. The summed E-state index contributed by atoms with van der Waals surface area (Å²) in [7, 11) is 0. The predicted molar refractivity (Wildman–Crippen MR) is 159 cm³/mol. The van der Waals surface area contributed by atoms with Gasteiger partial charge in [0.05, 0.1) is 23.5 Å². The van der Waals surface area contributed by atoms with Crippen LogP contribution < -0.4 is 0 Å². The zero-order chi connectivity index (χ0) is 35.1. The van der Waals surface area contributed by atoms with E-state index in [1.165, 1.54) is 39.2 Å². The largest absolute Gasteiger partial charge is 0.461 e. The van der Waals surface area contributed by atoms with E-state index in [4.69, 9.17) is 28.4 Å². The second-order valence-corrected chi connectivity index (χ2v) is 14.5. The number of nitrogens with zero attached hydrogens (tertiary/aromatic N) is 1. The molecule has 1 aromatic heterocycles. The maximum atomic E-state index is 14.8. The molecule has 5 aliphatic rings. The van der Waals surface area contributed by atoms with Crippen molar-refractivity contribution in [1.29, 1.82) is 0 Å². The Hall–Kier alpha value is -3.91. The molecular weight excluding hydrogens is 630 g/mol. The third-order valence-electron chi connectivity index (χ3n) is 11.4. The fourth-order valence-corrected chi connectivity index (χ4v) is 10.3. The predicted octanol–water partition coefficient (Wildman–Crippen LogP) is 1.73. The zero-order valence-corrected chi connectivity index (χ0v) is 27.9. The van der Waals surface area contributed by atoms with Gasteiger partial charge in [-0.2, -0.15) is 0 Å². The molecule has 14 heteroatoms. The molecule has 1 N–H and O–H groups in total. The van der Waals surface area contributed by atoms with Crippen LogP contribution in [0.3, 0.4) is 0 Å². The van der Waals surface area contributed by atoms with Crippen LogP contribution >= 0.6 is 0 Å². The summed E-state index contributed by atoms with van der Waals surface area (Å²) in [5, 5.41) is 11.6. The molecule has 260 valence electrons. The van der Waals surface area contributed by atoms with E-state index in [9.17, 15) is 33.9 Å². The third kappa shape index (κ3) is 4.69. The average molecular weight is 672 g/mol. The molecule has 0 radical (unpaired) electrons. The number of pyridine rings is 1. The molecule has 48 heavy (non-hydrogen) atoms. The molecule has 0 spiro atoms. The van der Waals surface area contributed by atoms with Crippen molar-refractivity contribution in [3.05, 3.63) is 30.1 Å². The molecule has 13 atom stereocenters. The number of aromatic nitrogens is 1. The van der Waals surface area contributed by atoms with Gasteiger partial charge in [0.2, 0.25) is 0 Å². The molecule has 0 unspecified atom stereocenters. The van der Waals surface area contributed by atoms with Crippen molar-refractivity contribution in [1.82, 2.24) is 4.98 Å². The van der Waals surface area contributed by atoms with Gasteiger partial charge >= 0.3 is 29.8 Å². The quantitative estimate of drug-likeness (QED) is 0.340. The van der Waals surface area contributed by atoms with Gasteiger partial charge in [0.25, 0.3) is 0 Å². The summed E-state index contributed by atoms with van der Waals surface area (Å²) in [6, 6.07) is 3.06. The normalized spacial score (nSPS) is 43.7. The van der Waals surface area contributed by atoms with Crippen LogP contribution in [0.4, 0.5) is 0 Å². The smallest absolute Gasteiger partial charge is 0.339 e. The second-order valence-electron chi connectivity index (χ2n) is 14.5. The van der Waals surface area contributed by atoms with E-state index in [1.54, 1.807) is 26.8 Å². The van der Waals surface area contributed by atoms with Crippen molar-refractivity contribution in [3.8, 4) is 0 Å². The second kappa shape index (κ2) is 11.3. The fraction of sp³-hybridized carbons (Fsp3) is 0.676. The summed E-state index contributed by atoms with van der Waals surface area (Å²) in [5.74, 6) is -8.68. The Kier molecular flexibility index (Phi) is 8.02. The molecule has 4 saturated carbocycles. The van der Waals surface area contributed by atoms with Crippen molar-refractivity contribution < 1.29 is 62.3 Å². The number of hydrogen-bond acceptors (Lipinski definition) is 14. The standard InChI is InChI=1S/C34H41NO13/c1-15-11-34(48-19(5)39)23(25(15)46-29(42)20-9-8-10-35-13-20)28(44-16(2)36)33-14-43-32(7,30(34)45-17(3)37)26(33)22-21(24(40)27(33)41)12-31(22,6)47-18(4)38/h8-10,13,15,21-26,28,30,40H,11-12,14H2,1-7H3/t15-,21+,22-,23+,24+,25-,26-,28+,30-,31-,32+,33-,34+/m0/s1. The van der Waals surface area contributed by atoms with Gasteiger partial charge in [0, 0.05) is 57.8 Å². The number of carbonyl (C=O) groups excluding carboxylic acids is 6. The monoisotopic (exact) mass is 671 g/mol. The molecule has 0 amide bonds. The van der Waals surface area contributed by atoms with Crippen molar-refractivity contribution >= 4 is 35.6 Å². The number of hydrogen-bond donors (Lipinski definition) is 1. The van der Waals surface area contributed by atoms with Gasteiger partial charge in [-0.05, 0) is 44.7 Å². The van der Waals surface area contributed by atoms with Crippen LogP contribution in [0, 0.1) is 35.0 Å². The van der Waals surface area contributed by atoms with Crippen LogP contribution in [-0.2, 0) is 52.4 Å². The molecular formula is C34H41NO13. The number of fused-ring (bicyclic) bond motifs is 2. The minimum absolute atomic E-state index is 0.0499. The Morgan fingerprint density at radius 1 is 0.917 bits per heavy atom. The summed E-state index contributed by atoms with van der Waals surface area (Å²) in [5.41, 5.74) is -6.40. The van der Waals surface area contributed by atoms with E-state index in [-0.39, 0.29) is 25.0 Å². The number of aliphatic hydroxyl groups is 1. The van der Waals surface area contributed by atoms with Gasteiger partial charge in [-0.25, -0.2) is 4.79 Å². The van der Waals surface area contributed by atoms with Crippen LogP contribution in [0.15, 0.2) is 24.5 Å². The Morgan fingerprint density at radius 3 is 2.17 bits per heavy atom. The molecule has 6 rings (SSSR count). The van der Waals surface area contributed by atoms with E-state index in [0.29, 0.717) is 0 Å². The molecule has 5 fully saturated rings. The summed E-state index contributed by atoms with van der Waals surface area (Å²) >= 11 is 0. The van der Waals surface area contributed by atoms with Crippen LogP contribution in [-0.4, -0.2) is 93.5 Å². The number of ketones is 1. The topological polar surface area (TPSA) is 191 Å². The fourth-order valence-electron chi connectivity index (χ4n) is 10.3. The highest BCUT2D eigenvalue weighted by Crippen LogP contribution is 2.72. The lowest BCUT2D eigenvalue weighted by Gasteiger charge is -2.64. The summed E-state index contributed by atoms with van der Waals surface area (Å²) in [6.07, 6.45) is -2.78. The number of rotatable bonds is 6. The zero-order valence-electron chi connectivity index (χ0n) is 27.9. The number of esters is 5. The van der Waals surface area contributed by atoms with Crippen molar-refractivity contribution in [2.45, 2.75) is 103 Å². The molecule has 4 aliphatic carbocycles. The Labute approximate surface area is 277 Å². The van der Waals surface area contributed by atoms with Gasteiger partial charge < -0.3 is 33.5 Å². The van der Waals surface area contributed by atoms with Crippen molar-refractivity contribution in [3.63, 3.8) is 0 Å². The summed E-state index contributed by atoms with van der Waals surface area (Å²) in [6.45, 7) is 9.45. The average Bonchev–Trinajstić information content (AvgIpc) is 3.42. The number of Topliss-reactive ketones (excluding diaryl/α,β-unsaturated/α-hetero) is 1. The first kappa shape index (κ1) is 34.0. The third-order valence-corrected chi connectivity index (χ3v) is 11.4. The van der Waals surface area contributed by atoms with Gasteiger partial charge in [0.15, 0.2) is 17.5 Å². The molecule has 1 aliphatic heterocycles. The highest BCUT2D eigenvalue weighted by molar-refractivity contribution is 5.93. The van der Waals surface area contributed by atoms with E-state index in [1.807, 2.05) is 0 Å². The molecule has 1 saturated heterocycles. The SMILES string of the molecule is CC(=O)O[C@@H]1[C@H]2[C@@H](OC(=O)c3cccnc3)[C@@H](C)C[C@]2(OC(C)=O)[C@@H](OC(C)=O)[C@]2(C)OC[C@]13C(=O)[C@H](O)[C@@H]1C[C@](C)(OC(C)=O)[C@@H]1[C@@H]23. The van der Waals surface area contributed by atoms with Crippen LogP contribution in [0.5, 0.6) is 0 Å². The maximum absolute atomic E-state index is 14.8. The van der Waals surface area contributed by atoms with Crippen LogP contribution in [0.25, 0.3) is 0 Å². The van der Waals surface area contributed by atoms with Gasteiger partial charge in [-0.3, -0.25) is 29.0 Å². The van der Waals surface area contributed by atoms with Crippen LogP contribution in [0.1, 0.15) is 71.7 Å². The maximum Gasteiger partial charge on any atom is 0.339 e. The summed E-state index contributed by atoms with van der Waals surface area (Å²) in [4.78, 5) is 83.8. The van der Waals surface area contributed by atoms with E-state index >= 15 is 0 Å². The van der Waals surface area contributed by atoms with E-state index in [0.717, 1.165) is 6.92 Å². The molecule has 1 aromatic rings. The Morgan fingerprint density at radius 2 is 1.58 bits per heavy atom. The first-order valence-corrected chi connectivity index (χ1v) is 16.1. The van der Waals surface area contributed by atoms with Gasteiger partial charge in [-0.1, -0.05) is 6.92 Å². The van der Waals surface area contributed by atoms with Gasteiger partial charge in [0.1, 0.15) is 29.5 Å². The summed E-state index contributed by atoms with van der Waals surface area (Å²) < 4.78 is 37.0. The first-order valence-electron chi connectivity index (χ1n) is 16.1. The number of ether oxygens (including phenoxy) is 6. The minimum Gasteiger partial charge on any atom is -0.461 e. The van der Waals surface area contributed by atoms with Crippen molar-refractivity contribution in [2.24, 2.45) is 35.0 Å². The minimum atomic E-state index is -1.86.